The zero-order valence-corrected chi connectivity index (χ0v) is 13.2. The van der Waals surface area contributed by atoms with Crippen molar-refractivity contribution in [3.05, 3.63) is 29.8 Å². The molecule has 1 fully saturated rings. The average molecular weight is 312 g/mol. The van der Waals surface area contributed by atoms with Gasteiger partial charge in [-0.25, -0.2) is 0 Å². The fraction of sp³-hybridized carbons (Fsp3) is 0.467. The van der Waals surface area contributed by atoms with Crippen molar-refractivity contribution in [2.75, 3.05) is 18.9 Å². The van der Waals surface area contributed by atoms with Gasteiger partial charge in [-0.05, 0) is 38.0 Å². The maximum atomic E-state index is 12.3. The van der Waals surface area contributed by atoms with E-state index in [1.807, 2.05) is 6.92 Å². The minimum Gasteiger partial charge on any atom is -0.338 e. The topological polar surface area (TPSA) is 75.4 Å². The molecule has 116 valence electrons. The smallest absolute Gasteiger partial charge is 0.253 e. The Balaban J connectivity index is 0.00000220. The van der Waals surface area contributed by atoms with E-state index in [-0.39, 0.29) is 36.2 Å². The minimum absolute atomic E-state index is 0. The highest BCUT2D eigenvalue weighted by molar-refractivity contribution is 5.98. The summed E-state index contributed by atoms with van der Waals surface area (Å²) in [5.41, 5.74) is 6.80. The van der Waals surface area contributed by atoms with Crippen LogP contribution in [0.15, 0.2) is 24.3 Å². The first kappa shape index (κ1) is 17.5. The first-order valence-electron chi connectivity index (χ1n) is 6.91. The Bertz CT molecular complexity index is 517. The zero-order valence-electron chi connectivity index (χ0n) is 12.3. The van der Waals surface area contributed by atoms with Crippen molar-refractivity contribution in [2.45, 2.75) is 25.8 Å². The number of nitrogens with zero attached hydrogens (tertiary/aromatic N) is 1. The fourth-order valence-electron chi connectivity index (χ4n) is 1.88. The molecule has 0 aliphatic heterocycles. The molecule has 0 saturated heterocycles. The number of amides is 2. The lowest BCUT2D eigenvalue weighted by molar-refractivity contribution is -0.117. The molecule has 0 heterocycles. The summed E-state index contributed by atoms with van der Waals surface area (Å²) in [6.07, 6.45) is 1.92. The maximum absolute atomic E-state index is 12.3. The van der Waals surface area contributed by atoms with Gasteiger partial charge in [-0.1, -0.05) is 6.07 Å². The quantitative estimate of drug-likeness (QED) is 0.871. The largest absolute Gasteiger partial charge is 0.338 e. The van der Waals surface area contributed by atoms with Crippen molar-refractivity contribution in [1.82, 2.24) is 4.90 Å². The molecular weight excluding hydrogens is 290 g/mol. The van der Waals surface area contributed by atoms with E-state index in [2.05, 4.69) is 5.32 Å². The summed E-state index contributed by atoms with van der Waals surface area (Å²) in [5, 5.41) is 2.85. The molecule has 0 aromatic heterocycles. The van der Waals surface area contributed by atoms with Crippen molar-refractivity contribution < 1.29 is 9.59 Å². The molecule has 1 atom stereocenters. The SMILES string of the molecule is CC(CN)N(C)C(=O)c1cccc(NC(=O)C2CC2)c1.Cl. The lowest BCUT2D eigenvalue weighted by Crippen LogP contribution is -2.39. The summed E-state index contributed by atoms with van der Waals surface area (Å²) >= 11 is 0. The molecular formula is C15H22ClN3O2. The number of halogens is 1. The summed E-state index contributed by atoms with van der Waals surface area (Å²) < 4.78 is 0. The van der Waals surface area contributed by atoms with Crippen LogP contribution in [-0.4, -0.2) is 36.3 Å². The second-order valence-corrected chi connectivity index (χ2v) is 5.35. The van der Waals surface area contributed by atoms with E-state index >= 15 is 0 Å². The molecule has 2 amide bonds. The maximum Gasteiger partial charge on any atom is 0.253 e. The molecule has 1 aliphatic rings. The average Bonchev–Trinajstić information content (AvgIpc) is 3.29. The van der Waals surface area contributed by atoms with Gasteiger partial charge in [-0.15, -0.1) is 12.4 Å². The first-order chi connectivity index (χ1) is 9.52. The van der Waals surface area contributed by atoms with Crippen molar-refractivity contribution >= 4 is 29.9 Å². The summed E-state index contributed by atoms with van der Waals surface area (Å²) in [4.78, 5) is 25.6. The lowest BCUT2D eigenvalue weighted by atomic mass is 10.1. The van der Waals surface area contributed by atoms with Crippen LogP contribution in [0.25, 0.3) is 0 Å². The van der Waals surface area contributed by atoms with Crippen molar-refractivity contribution in [3.63, 3.8) is 0 Å². The predicted octanol–water partition coefficient (Wildman–Crippen LogP) is 1.88. The van der Waals surface area contributed by atoms with Gasteiger partial charge in [0.2, 0.25) is 5.91 Å². The van der Waals surface area contributed by atoms with E-state index in [0.717, 1.165) is 12.8 Å². The Kier molecular flexibility index (Phi) is 6.18. The van der Waals surface area contributed by atoms with Gasteiger partial charge in [0.05, 0.1) is 0 Å². The summed E-state index contributed by atoms with van der Waals surface area (Å²) in [7, 11) is 1.73. The molecule has 1 aromatic carbocycles. The van der Waals surface area contributed by atoms with Crippen LogP contribution in [0.3, 0.4) is 0 Å². The van der Waals surface area contributed by atoms with Gasteiger partial charge in [0, 0.05) is 36.8 Å². The number of carbonyl (C=O) groups excluding carboxylic acids is 2. The number of benzene rings is 1. The third-order valence-corrected chi connectivity index (χ3v) is 3.65. The standard InChI is InChI=1S/C15H21N3O2.ClH/c1-10(9-16)18(2)15(20)12-4-3-5-13(8-12)17-14(19)11-6-7-11;/h3-5,8,10-11H,6-7,9,16H2,1-2H3,(H,17,19);1H. The van der Waals surface area contributed by atoms with Crippen molar-refractivity contribution in [3.8, 4) is 0 Å². The van der Waals surface area contributed by atoms with Crippen LogP contribution in [0.5, 0.6) is 0 Å². The van der Waals surface area contributed by atoms with Gasteiger partial charge in [0.15, 0.2) is 0 Å². The number of rotatable bonds is 5. The molecule has 0 bridgehead atoms. The van der Waals surface area contributed by atoms with Crippen LogP contribution in [0.2, 0.25) is 0 Å². The van der Waals surface area contributed by atoms with Crippen molar-refractivity contribution in [1.29, 1.82) is 0 Å². The fourth-order valence-corrected chi connectivity index (χ4v) is 1.88. The van der Waals surface area contributed by atoms with Crippen LogP contribution in [-0.2, 0) is 4.79 Å². The summed E-state index contributed by atoms with van der Waals surface area (Å²) in [6, 6.07) is 7.00. The van der Waals surface area contributed by atoms with Gasteiger partial charge < -0.3 is 16.0 Å². The molecule has 21 heavy (non-hydrogen) atoms. The number of nitrogens with one attached hydrogen (secondary N) is 1. The van der Waals surface area contributed by atoms with Crippen molar-refractivity contribution in [2.24, 2.45) is 11.7 Å². The molecule has 2 rings (SSSR count). The van der Waals surface area contributed by atoms with Crippen LogP contribution in [0, 0.1) is 5.92 Å². The Hall–Kier alpha value is -1.59. The number of hydrogen-bond donors (Lipinski definition) is 2. The normalized spacial score (nSPS) is 14.8. The zero-order chi connectivity index (χ0) is 14.7. The molecule has 5 nitrogen and oxygen atoms in total. The lowest BCUT2D eigenvalue weighted by Gasteiger charge is -2.23. The van der Waals surface area contributed by atoms with E-state index in [1.54, 1.807) is 36.2 Å². The third kappa shape index (κ3) is 4.44. The second kappa shape index (κ2) is 7.43. The number of likely N-dealkylation sites (N-methyl/N-ethyl adjacent to an activating group) is 1. The summed E-state index contributed by atoms with van der Waals surface area (Å²) in [6.45, 7) is 2.32. The van der Waals surface area contributed by atoms with E-state index in [9.17, 15) is 9.59 Å². The molecule has 1 unspecified atom stereocenters. The highest BCUT2D eigenvalue weighted by Crippen LogP contribution is 2.30. The monoisotopic (exact) mass is 311 g/mol. The van der Waals surface area contributed by atoms with E-state index in [1.165, 1.54) is 0 Å². The van der Waals surface area contributed by atoms with Crippen LogP contribution in [0.4, 0.5) is 5.69 Å². The highest BCUT2D eigenvalue weighted by Gasteiger charge is 2.29. The Morgan fingerprint density at radius 3 is 2.67 bits per heavy atom. The highest BCUT2D eigenvalue weighted by atomic mass is 35.5. The third-order valence-electron chi connectivity index (χ3n) is 3.65. The Morgan fingerprint density at radius 1 is 1.43 bits per heavy atom. The molecule has 1 saturated carbocycles. The molecule has 6 heteroatoms. The second-order valence-electron chi connectivity index (χ2n) is 5.35. The van der Waals surface area contributed by atoms with E-state index < -0.39 is 0 Å². The first-order valence-corrected chi connectivity index (χ1v) is 6.91. The van der Waals surface area contributed by atoms with Gasteiger partial charge in [-0.2, -0.15) is 0 Å². The van der Waals surface area contributed by atoms with Gasteiger partial charge >= 0.3 is 0 Å². The van der Waals surface area contributed by atoms with E-state index in [0.29, 0.717) is 17.8 Å². The van der Waals surface area contributed by atoms with Crippen LogP contribution < -0.4 is 11.1 Å². The van der Waals surface area contributed by atoms with Gasteiger partial charge in [-0.3, -0.25) is 9.59 Å². The Morgan fingerprint density at radius 2 is 2.10 bits per heavy atom. The molecule has 1 aliphatic carbocycles. The van der Waals surface area contributed by atoms with Crippen LogP contribution >= 0.6 is 12.4 Å². The number of hydrogen-bond acceptors (Lipinski definition) is 3. The molecule has 1 aromatic rings. The van der Waals surface area contributed by atoms with Gasteiger partial charge in [0.1, 0.15) is 0 Å². The molecule has 3 N–H and O–H groups in total. The predicted molar refractivity (Wildman–Crippen MR) is 85.7 cm³/mol. The summed E-state index contributed by atoms with van der Waals surface area (Å²) in [5.74, 6) is 0.0954. The number of anilines is 1. The Labute approximate surface area is 131 Å². The number of nitrogens with two attached hydrogens (primary N) is 1. The van der Waals surface area contributed by atoms with E-state index in [4.69, 9.17) is 5.73 Å². The number of carbonyl (C=O) groups is 2. The molecule has 0 spiro atoms. The van der Waals surface area contributed by atoms with Crippen LogP contribution in [0.1, 0.15) is 30.1 Å². The minimum atomic E-state index is -0.0922. The van der Waals surface area contributed by atoms with Gasteiger partial charge in [0.25, 0.3) is 5.91 Å². The molecule has 0 radical (unpaired) electrons.